The van der Waals surface area contributed by atoms with Gasteiger partial charge in [0.2, 0.25) is 0 Å². The first-order chi connectivity index (χ1) is 9.69. The first-order valence-corrected chi connectivity index (χ1v) is 6.33. The smallest absolute Gasteiger partial charge is 0.189 e. The van der Waals surface area contributed by atoms with E-state index >= 15 is 0 Å². The van der Waals surface area contributed by atoms with Gasteiger partial charge in [-0.3, -0.25) is 10.9 Å². The van der Waals surface area contributed by atoms with Crippen molar-refractivity contribution in [1.82, 2.24) is 5.43 Å². The van der Waals surface area contributed by atoms with Gasteiger partial charge in [0, 0.05) is 11.4 Å². The Bertz CT molecular complexity index is 587. The molecule has 104 valence electrons. The number of rotatable bonds is 4. The highest BCUT2D eigenvalue weighted by atomic mass is 32.1. The lowest BCUT2D eigenvalue weighted by Crippen LogP contribution is -2.33. The van der Waals surface area contributed by atoms with Gasteiger partial charge in [-0.15, -0.1) is 0 Å². The van der Waals surface area contributed by atoms with E-state index in [0.717, 1.165) is 11.4 Å². The molecule has 0 heterocycles. The van der Waals surface area contributed by atoms with Gasteiger partial charge >= 0.3 is 0 Å². The normalized spacial score (nSPS) is 9.65. The molecule has 0 aliphatic heterocycles. The third kappa shape index (κ3) is 3.76. The number of thiocarbonyl (C=S) groups is 1. The van der Waals surface area contributed by atoms with Gasteiger partial charge in [-0.05, 0) is 42.5 Å². The molecule has 20 heavy (non-hydrogen) atoms. The van der Waals surface area contributed by atoms with Crippen molar-refractivity contribution in [2.24, 2.45) is 0 Å². The van der Waals surface area contributed by atoms with Crippen LogP contribution in [0.3, 0.4) is 0 Å². The Balaban J connectivity index is 1.87. The maximum Gasteiger partial charge on any atom is 0.189 e. The predicted molar refractivity (Wildman–Crippen MR) is 81.9 cm³/mol. The van der Waals surface area contributed by atoms with Crippen molar-refractivity contribution in [2.45, 2.75) is 0 Å². The zero-order valence-corrected chi connectivity index (χ0v) is 11.7. The SMILES string of the molecule is COc1ccc(NC(=S)NNc2ccccc2[O-])cc1. The quantitative estimate of drug-likeness (QED) is 0.591. The molecule has 0 fully saturated rings. The fraction of sp³-hybridized carbons (Fsp3) is 0.0714. The molecule has 0 aromatic heterocycles. The molecule has 3 N–H and O–H groups in total. The van der Waals surface area contributed by atoms with Crippen molar-refractivity contribution in [3.63, 3.8) is 0 Å². The van der Waals surface area contributed by atoms with Crippen molar-refractivity contribution >= 4 is 28.7 Å². The fourth-order valence-electron chi connectivity index (χ4n) is 1.53. The number of methoxy groups -OCH3 is 1. The molecule has 0 aliphatic rings. The maximum absolute atomic E-state index is 11.5. The molecule has 2 rings (SSSR count). The molecule has 5 nitrogen and oxygen atoms in total. The van der Waals surface area contributed by atoms with E-state index in [1.807, 2.05) is 24.3 Å². The zero-order valence-electron chi connectivity index (χ0n) is 10.8. The summed E-state index contributed by atoms with van der Waals surface area (Å²) in [6.07, 6.45) is 0. The number of hydrogen-bond donors (Lipinski definition) is 3. The van der Waals surface area contributed by atoms with Gasteiger partial charge in [0.25, 0.3) is 0 Å². The van der Waals surface area contributed by atoms with Crippen LogP contribution in [0.2, 0.25) is 0 Å². The minimum absolute atomic E-state index is 0.104. The highest BCUT2D eigenvalue weighted by molar-refractivity contribution is 7.80. The van der Waals surface area contributed by atoms with Crippen LogP contribution in [0.25, 0.3) is 0 Å². The molecule has 6 heteroatoms. The van der Waals surface area contributed by atoms with Crippen molar-refractivity contribution in [2.75, 3.05) is 17.9 Å². The third-order valence-electron chi connectivity index (χ3n) is 2.55. The highest BCUT2D eigenvalue weighted by Crippen LogP contribution is 2.17. The van der Waals surface area contributed by atoms with Crippen LogP contribution in [0.15, 0.2) is 48.5 Å². The topological polar surface area (TPSA) is 68.4 Å². The summed E-state index contributed by atoms with van der Waals surface area (Å²) in [6.45, 7) is 0. The second-order valence-corrected chi connectivity index (χ2v) is 4.34. The number of ether oxygens (including phenoxy) is 1. The maximum atomic E-state index is 11.5. The summed E-state index contributed by atoms with van der Waals surface area (Å²) in [5.74, 6) is 0.667. The molecule has 0 atom stereocenters. The van der Waals surface area contributed by atoms with Crippen LogP contribution >= 0.6 is 12.2 Å². The van der Waals surface area contributed by atoms with E-state index in [-0.39, 0.29) is 5.75 Å². The second kappa shape index (κ2) is 6.63. The number of para-hydroxylation sites is 2. The van der Waals surface area contributed by atoms with Crippen LogP contribution in [0.5, 0.6) is 11.5 Å². The summed E-state index contributed by atoms with van der Waals surface area (Å²) >= 11 is 5.12. The first-order valence-electron chi connectivity index (χ1n) is 5.92. The molecule has 0 aliphatic carbocycles. The Morgan fingerprint density at radius 3 is 2.45 bits per heavy atom. The van der Waals surface area contributed by atoms with E-state index in [1.165, 1.54) is 6.07 Å². The fourth-order valence-corrected chi connectivity index (χ4v) is 1.70. The molecule has 0 amide bonds. The van der Waals surface area contributed by atoms with Gasteiger partial charge in [-0.2, -0.15) is 0 Å². The second-order valence-electron chi connectivity index (χ2n) is 3.93. The molecule has 0 bridgehead atoms. The van der Waals surface area contributed by atoms with Gasteiger partial charge in [0.15, 0.2) is 5.11 Å². The summed E-state index contributed by atoms with van der Waals surface area (Å²) in [4.78, 5) is 0. The third-order valence-corrected chi connectivity index (χ3v) is 2.75. The Morgan fingerprint density at radius 2 is 1.80 bits per heavy atom. The minimum Gasteiger partial charge on any atom is -0.871 e. The van der Waals surface area contributed by atoms with Crippen LogP contribution in [0.1, 0.15) is 0 Å². The van der Waals surface area contributed by atoms with Gasteiger partial charge in [-0.25, -0.2) is 0 Å². The molecule has 0 unspecified atom stereocenters. The molecule has 0 radical (unpaired) electrons. The van der Waals surface area contributed by atoms with Crippen LogP contribution < -0.4 is 26.0 Å². The lowest BCUT2D eigenvalue weighted by atomic mass is 10.3. The highest BCUT2D eigenvalue weighted by Gasteiger charge is 1.98. The summed E-state index contributed by atoms with van der Waals surface area (Å²) in [7, 11) is 1.61. The number of hydrazine groups is 1. The summed E-state index contributed by atoms with van der Waals surface area (Å²) < 4.78 is 5.07. The van der Waals surface area contributed by atoms with Crippen molar-refractivity contribution in [3.05, 3.63) is 48.5 Å². The van der Waals surface area contributed by atoms with Gasteiger partial charge in [0.05, 0.1) is 7.11 Å². The zero-order chi connectivity index (χ0) is 14.4. The standard InChI is InChI=1S/C14H15N3O2S/c1-19-11-8-6-10(7-9-11)15-14(20)17-16-12-4-2-3-5-13(12)18/h2-9,16,18H,1H3,(H2,15,17,20)/p-1. The van der Waals surface area contributed by atoms with E-state index in [1.54, 1.807) is 25.3 Å². The number of hydrogen-bond acceptors (Lipinski definition) is 4. The van der Waals surface area contributed by atoms with Crippen molar-refractivity contribution < 1.29 is 9.84 Å². The number of anilines is 2. The van der Waals surface area contributed by atoms with Gasteiger partial charge < -0.3 is 15.2 Å². The predicted octanol–water partition coefficient (Wildman–Crippen LogP) is 2.08. The Kier molecular flexibility index (Phi) is 4.62. The Labute approximate surface area is 122 Å². The minimum atomic E-state index is -0.104. The molecule has 0 spiro atoms. The Morgan fingerprint density at radius 1 is 1.10 bits per heavy atom. The van der Waals surface area contributed by atoms with E-state index in [0.29, 0.717) is 10.8 Å². The van der Waals surface area contributed by atoms with Gasteiger partial charge in [-0.1, -0.05) is 23.9 Å². The van der Waals surface area contributed by atoms with E-state index < -0.39 is 0 Å². The monoisotopic (exact) mass is 288 g/mol. The summed E-state index contributed by atoms with van der Waals surface area (Å²) in [5.41, 5.74) is 6.78. The van der Waals surface area contributed by atoms with E-state index in [2.05, 4.69) is 16.2 Å². The molecular formula is C14H14N3O2S-. The molecule has 2 aromatic rings. The van der Waals surface area contributed by atoms with Gasteiger partial charge in [0.1, 0.15) is 5.75 Å². The molecule has 2 aromatic carbocycles. The van der Waals surface area contributed by atoms with Crippen LogP contribution in [-0.4, -0.2) is 12.2 Å². The van der Waals surface area contributed by atoms with Crippen LogP contribution in [-0.2, 0) is 0 Å². The molecule has 0 saturated carbocycles. The van der Waals surface area contributed by atoms with Crippen molar-refractivity contribution in [3.8, 4) is 11.5 Å². The molecular weight excluding hydrogens is 274 g/mol. The van der Waals surface area contributed by atoms with Crippen LogP contribution in [0.4, 0.5) is 11.4 Å². The van der Waals surface area contributed by atoms with Crippen LogP contribution in [0, 0.1) is 0 Å². The first kappa shape index (κ1) is 14.0. The number of nitrogens with one attached hydrogen (secondary N) is 3. The lowest BCUT2D eigenvalue weighted by molar-refractivity contribution is -0.267. The Hall–Kier alpha value is -2.47. The van der Waals surface area contributed by atoms with E-state index in [4.69, 9.17) is 17.0 Å². The molecule has 0 saturated heterocycles. The largest absolute Gasteiger partial charge is 0.871 e. The summed E-state index contributed by atoms with van der Waals surface area (Å²) in [5, 5.41) is 14.8. The van der Waals surface area contributed by atoms with E-state index in [9.17, 15) is 5.11 Å². The lowest BCUT2D eigenvalue weighted by Gasteiger charge is -2.17. The average molecular weight is 288 g/mol. The van der Waals surface area contributed by atoms with Crippen molar-refractivity contribution in [1.29, 1.82) is 0 Å². The number of benzene rings is 2. The average Bonchev–Trinajstić information content (AvgIpc) is 2.47. The summed E-state index contributed by atoms with van der Waals surface area (Å²) in [6, 6.07) is 13.9.